The SMILES string of the molecule is CN(c1ncnc2c1COCC2)C1CN(c2ccc3nncn3n2)C1. The van der Waals surface area contributed by atoms with Crippen molar-refractivity contribution in [2.75, 3.05) is 36.5 Å². The van der Waals surface area contributed by atoms with Gasteiger partial charge >= 0.3 is 0 Å². The van der Waals surface area contributed by atoms with Crippen LogP contribution in [0, 0.1) is 0 Å². The molecule has 0 spiro atoms. The van der Waals surface area contributed by atoms with Crippen molar-refractivity contribution in [1.29, 1.82) is 0 Å². The van der Waals surface area contributed by atoms with Gasteiger partial charge in [0.05, 0.1) is 24.9 Å². The second-order valence-corrected chi connectivity index (χ2v) is 6.42. The van der Waals surface area contributed by atoms with Crippen LogP contribution in [-0.2, 0) is 17.8 Å². The van der Waals surface area contributed by atoms with Gasteiger partial charge in [-0.2, -0.15) is 4.52 Å². The van der Waals surface area contributed by atoms with E-state index in [2.05, 4.69) is 42.1 Å². The highest BCUT2D eigenvalue weighted by Crippen LogP contribution is 2.28. The van der Waals surface area contributed by atoms with Crippen molar-refractivity contribution in [3.63, 3.8) is 0 Å². The molecule has 0 N–H and O–H groups in total. The first-order chi connectivity index (χ1) is 12.3. The van der Waals surface area contributed by atoms with Crippen molar-refractivity contribution >= 4 is 17.3 Å². The third kappa shape index (κ3) is 2.39. The average molecular weight is 338 g/mol. The van der Waals surface area contributed by atoms with E-state index in [9.17, 15) is 0 Å². The lowest BCUT2D eigenvalue weighted by Crippen LogP contribution is -2.59. The molecule has 0 aliphatic carbocycles. The summed E-state index contributed by atoms with van der Waals surface area (Å²) < 4.78 is 7.30. The number of hydrogen-bond acceptors (Lipinski definition) is 8. The summed E-state index contributed by atoms with van der Waals surface area (Å²) in [5.41, 5.74) is 2.99. The van der Waals surface area contributed by atoms with Crippen LogP contribution in [0.4, 0.5) is 11.6 Å². The molecule has 25 heavy (non-hydrogen) atoms. The Labute approximate surface area is 144 Å². The Morgan fingerprint density at radius 1 is 1.24 bits per heavy atom. The van der Waals surface area contributed by atoms with Gasteiger partial charge in [-0.05, 0) is 12.1 Å². The molecule has 1 fully saturated rings. The lowest BCUT2D eigenvalue weighted by atomic mass is 10.1. The summed E-state index contributed by atoms with van der Waals surface area (Å²) in [6.07, 6.45) is 4.14. The van der Waals surface area contributed by atoms with Crippen LogP contribution in [0.5, 0.6) is 0 Å². The van der Waals surface area contributed by atoms with Crippen LogP contribution in [0.2, 0.25) is 0 Å². The van der Waals surface area contributed by atoms with Crippen LogP contribution >= 0.6 is 0 Å². The minimum Gasteiger partial charge on any atom is -0.376 e. The Hall–Kier alpha value is -2.81. The van der Waals surface area contributed by atoms with E-state index in [0.29, 0.717) is 12.6 Å². The molecule has 2 aliphatic heterocycles. The number of likely N-dealkylation sites (N-methyl/N-ethyl adjacent to an activating group) is 1. The molecule has 9 nitrogen and oxygen atoms in total. The fourth-order valence-electron chi connectivity index (χ4n) is 3.40. The van der Waals surface area contributed by atoms with Crippen molar-refractivity contribution in [1.82, 2.24) is 29.8 Å². The van der Waals surface area contributed by atoms with Crippen molar-refractivity contribution in [2.24, 2.45) is 0 Å². The summed E-state index contributed by atoms with van der Waals surface area (Å²) in [4.78, 5) is 13.4. The topological polar surface area (TPSA) is 84.6 Å². The van der Waals surface area contributed by atoms with Gasteiger partial charge < -0.3 is 14.5 Å². The van der Waals surface area contributed by atoms with Crippen molar-refractivity contribution in [2.45, 2.75) is 19.1 Å². The zero-order valence-corrected chi connectivity index (χ0v) is 13.9. The highest BCUT2D eigenvalue weighted by atomic mass is 16.5. The van der Waals surface area contributed by atoms with E-state index in [1.807, 2.05) is 12.1 Å². The third-order valence-corrected chi connectivity index (χ3v) is 4.96. The normalized spacial score (nSPS) is 17.4. The lowest BCUT2D eigenvalue weighted by Gasteiger charge is -2.45. The largest absolute Gasteiger partial charge is 0.376 e. The smallest absolute Gasteiger partial charge is 0.177 e. The molecular weight excluding hydrogens is 320 g/mol. The quantitative estimate of drug-likeness (QED) is 0.675. The molecule has 2 aliphatic rings. The maximum Gasteiger partial charge on any atom is 0.177 e. The summed E-state index contributed by atoms with van der Waals surface area (Å²) in [5, 5.41) is 12.4. The van der Waals surface area contributed by atoms with Gasteiger partial charge in [0.15, 0.2) is 5.65 Å². The zero-order valence-electron chi connectivity index (χ0n) is 13.9. The van der Waals surface area contributed by atoms with Gasteiger partial charge in [0.2, 0.25) is 0 Å². The zero-order chi connectivity index (χ0) is 16.8. The van der Waals surface area contributed by atoms with E-state index in [1.165, 1.54) is 0 Å². The van der Waals surface area contributed by atoms with E-state index in [0.717, 1.165) is 54.7 Å². The van der Waals surface area contributed by atoms with E-state index >= 15 is 0 Å². The Bertz CT molecular complexity index is 919. The van der Waals surface area contributed by atoms with Crippen molar-refractivity contribution in [3.8, 4) is 0 Å². The van der Waals surface area contributed by atoms with Gasteiger partial charge in [-0.3, -0.25) is 0 Å². The van der Waals surface area contributed by atoms with Gasteiger partial charge in [0.1, 0.15) is 24.3 Å². The van der Waals surface area contributed by atoms with Crippen molar-refractivity contribution in [3.05, 3.63) is 36.0 Å². The Morgan fingerprint density at radius 2 is 2.16 bits per heavy atom. The predicted octanol–water partition coefficient (Wildman–Crippen LogP) is 0.312. The maximum atomic E-state index is 5.60. The second-order valence-electron chi connectivity index (χ2n) is 6.42. The average Bonchev–Trinajstić information content (AvgIpc) is 3.07. The fourth-order valence-corrected chi connectivity index (χ4v) is 3.40. The fraction of sp³-hybridized carbons (Fsp3) is 0.438. The molecule has 0 unspecified atom stereocenters. The summed E-state index contributed by atoms with van der Waals surface area (Å²) >= 11 is 0. The number of fused-ring (bicyclic) bond motifs is 2. The van der Waals surface area contributed by atoms with Crippen LogP contribution in [0.1, 0.15) is 11.3 Å². The van der Waals surface area contributed by atoms with E-state index < -0.39 is 0 Å². The molecular formula is C16H18N8O. The molecule has 9 heteroatoms. The molecule has 0 aromatic carbocycles. The first-order valence-corrected chi connectivity index (χ1v) is 8.35. The minimum absolute atomic E-state index is 0.388. The number of ether oxygens (including phenoxy) is 1. The van der Waals surface area contributed by atoms with Crippen molar-refractivity contribution < 1.29 is 4.74 Å². The summed E-state index contributed by atoms with van der Waals surface area (Å²) in [6, 6.07) is 4.31. The molecule has 0 atom stereocenters. The van der Waals surface area contributed by atoms with E-state index in [4.69, 9.17) is 4.74 Å². The summed E-state index contributed by atoms with van der Waals surface area (Å²) in [6.45, 7) is 3.13. The standard InChI is InChI=1S/C16H18N8O/c1-22(16-12-8-25-5-4-13(12)17-9-18-16)11-6-23(7-11)15-3-2-14-20-19-10-24(14)21-15/h2-3,9-11H,4-8H2,1H3. The molecule has 128 valence electrons. The molecule has 5 heterocycles. The molecule has 5 rings (SSSR count). The first kappa shape index (κ1) is 14.5. The van der Waals surface area contributed by atoms with Gasteiger partial charge in [-0.1, -0.05) is 0 Å². The van der Waals surface area contributed by atoms with E-state index in [1.54, 1.807) is 17.2 Å². The van der Waals surface area contributed by atoms with Crippen LogP contribution < -0.4 is 9.80 Å². The monoisotopic (exact) mass is 338 g/mol. The maximum absolute atomic E-state index is 5.60. The van der Waals surface area contributed by atoms with Crippen LogP contribution in [0.3, 0.4) is 0 Å². The van der Waals surface area contributed by atoms with Crippen LogP contribution in [-0.4, -0.2) is 62.6 Å². The number of hydrogen-bond donors (Lipinski definition) is 0. The lowest BCUT2D eigenvalue weighted by molar-refractivity contribution is 0.109. The third-order valence-electron chi connectivity index (χ3n) is 4.96. The predicted molar refractivity (Wildman–Crippen MR) is 90.6 cm³/mol. The molecule has 1 saturated heterocycles. The second kappa shape index (κ2) is 5.62. The summed E-state index contributed by atoms with van der Waals surface area (Å²) in [5.74, 6) is 1.92. The number of anilines is 2. The Morgan fingerprint density at radius 3 is 3.08 bits per heavy atom. The van der Waals surface area contributed by atoms with Gasteiger partial charge in [-0.25, -0.2) is 9.97 Å². The van der Waals surface area contributed by atoms with Gasteiger partial charge in [-0.15, -0.1) is 15.3 Å². The van der Waals surface area contributed by atoms with Gasteiger partial charge in [0.25, 0.3) is 0 Å². The first-order valence-electron chi connectivity index (χ1n) is 8.35. The molecule has 0 radical (unpaired) electrons. The molecule has 0 bridgehead atoms. The highest BCUT2D eigenvalue weighted by Gasteiger charge is 2.33. The molecule has 0 saturated carbocycles. The number of rotatable bonds is 3. The van der Waals surface area contributed by atoms with Gasteiger partial charge in [0, 0.05) is 32.1 Å². The minimum atomic E-state index is 0.388. The molecule has 0 amide bonds. The Balaban J connectivity index is 1.33. The molecule has 3 aromatic heterocycles. The van der Waals surface area contributed by atoms with Crippen LogP contribution in [0.25, 0.3) is 5.65 Å². The number of aromatic nitrogens is 6. The Kier molecular flexibility index (Phi) is 3.27. The highest BCUT2D eigenvalue weighted by molar-refractivity contribution is 5.53. The number of nitrogens with zero attached hydrogens (tertiary/aromatic N) is 8. The van der Waals surface area contributed by atoms with Crippen LogP contribution in [0.15, 0.2) is 24.8 Å². The summed E-state index contributed by atoms with van der Waals surface area (Å²) in [7, 11) is 2.09. The molecule has 3 aromatic rings. The van der Waals surface area contributed by atoms with E-state index in [-0.39, 0.29) is 0 Å².